The Kier molecular flexibility index (Phi) is 4.91. The number of nitrogens with zero attached hydrogens (tertiary/aromatic N) is 3. The molecular weight excluding hydrogens is 405 g/mol. The molecule has 2 atom stereocenters. The summed E-state index contributed by atoms with van der Waals surface area (Å²) in [5, 5.41) is 9.59. The molecule has 9 heteroatoms. The first-order chi connectivity index (χ1) is 15.0. The third-order valence-corrected chi connectivity index (χ3v) is 5.65. The average Bonchev–Trinajstić information content (AvgIpc) is 3.21. The number of carbonyl (C=O) groups is 2. The average molecular weight is 425 g/mol. The zero-order valence-corrected chi connectivity index (χ0v) is 16.5. The van der Waals surface area contributed by atoms with Crippen molar-refractivity contribution < 1.29 is 28.2 Å². The van der Waals surface area contributed by atoms with Crippen LogP contribution in [0.3, 0.4) is 0 Å². The van der Waals surface area contributed by atoms with Crippen molar-refractivity contribution >= 4 is 22.9 Å². The van der Waals surface area contributed by atoms with E-state index in [1.807, 2.05) is 0 Å². The van der Waals surface area contributed by atoms with Gasteiger partial charge in [0.1, 0.15) is 17.4 Å². The van der Waals surface area contributed by atoms with Gasteiger partial charge in [0.15, 0.2) is 11.7 Å². The van der Waals surface area contributed by atoms with E-state index in [1.165, 1.54) is 12.1 Å². The summed E-state index contributed by atoms with van der Waals surface area (Å²) in [5.41, 5.74) is 2.12. The van der Waals surface area contributed by atoms with Gasteiger partial charge in [0.2, 0.25) is 5.89 Å². The fraction of sp³-hybridized carbons (Fsp3) is 0.318. The minimum Gasteiger partial charge on any atom is -0.436 e. The van der Waals surface area contributed by atoms with Crippen LogP contribution in [0.15, 0.2) is 46.9 Å². The number of hydrogen-bond donors (Lipinski definition) is 1. The molecule has 0 saturated carbocycles. The molecule has 5 rings (SSSR count). The Hall–Kier alpha value is -3.30. The molecule has 3 aromatic rings. The molecule has 160 valence electrons. The van der Waals surface area contributed by atoms with Crippen LogP contribution < -0.4 is 0 Å². The van der Waals surface area contributed by atoms with Crippen molar-refractivity contribution in [2.45, 2.75) is 12.2 Å². The molecule has 0 aliphatic carbocycles. The van der Waals surface area contributed by atoms with Crippen LogP contribution in [-0.4, -0.2) is 76.7 Å². The molecule has 0 bridgehead atoms. The van der Waals surface area contributed by atoms with Crippen molar-refractivity contribution in [3.63, 3.8) is 0 Å². The number of aliphatic hydroxyl groups excluding tert-OH is 1. The number of ether oxygens (including phenoxy) is 1. The van der Waals surface area contributed by atoms with E-state index in [1.54, 1.807) is 40.1 Å². The van der Waals surface area contributed by atoms with Gasteiger partial charge in [0, 0.05) is 43.4 Å². The first kappa shape index (κ1) is 19.7. The van der Waals surface area contributed by atoms with Gasteiger partial charge in [0.25, 0.3) is 11.8 Å². The summed E-state index contributed by atoms with van der Waals surface area (Å²) in [6, 6.07) is 11.0. The molecule has 2 saturated heterocycles. The van der Waals surface area contributed by atoms with Crippen LogP contribution in [-0.2, 0) is 9.53 Å². The van der Waals surface area contributed by atoms with E-state index >= 15 is 0 Å². The van der Waals surface area contributed by atoms with Crippen LogP contribution in [0.2, 0.25) is 0 Å². The number of halogens is 1. The second-order valence-corrected chi connectivity index (χ2v) is 7.65. The molecule has 3 heterocycles. The van der Waals surface area contributed by atoms with Crippen molar-refractivity contribution in [1.29, 1.82) is 0 Å². The Labute approximate surface area is 176 Å². The second-order valence-electron chi connectivity index (χ2n) is 7.65. The number of aliphatic hydroxyl groups is 1. The van der Waals surface area contributed by atoms with E-state index in [-0.39, 0.29) is 18.4 Å². The van der Waals surface area contributed by atoms with Crippen molar-refractivity contribution in [2.75, 3.05) is 32.8 Å². The molecule has 2 aliphatic rings. The highest BCUT2D eigenvalue weighted by atomic mass is 19.1. The third-order valence-electron chi connectivity index (χ3n) is 5.65. The Morgan fingerprint density at radius 3 is 2.39 bits per heavy atom. The summed E-state index contributed by atoms with van der Waals surface area (Å²) in [6.45, 7) is 1.80. The molecule has 2 aromatic carbocycles. The molecule has 2 amide bonds. The van der Waals surface area contributed by atoms with Crippen LogP contribution in [0, 0.1) is 5.82 Å². The van der Waals surface area contributed by atoms with Gasteiger partial charge in [-0.05, 0) is 36.4 Å². The monoisotopic (exact) mass is 425 g/mol. The van der Waals surface area contributed by atoms with Crippen LogP contribution >= 0.6 is 0 Å². The molecule has 2 unspecified atom stereocenters. The van der Waals surface area contributed by atoms with Crippen LogP contribution in [0.4, 0.5) is 4.39 Å². The fourth-order valence-electron chi connectivity index (χ4n) is 3.78. The topological polar surface area (TPSA) is 96.1 Å². The lowest BCUT2D eigenvalue weighted by molar-refractivity contribution is -0.188. The predicted octanol–water partition coefficient (Wildman–Crippen LogP) is 1.68. The zero-order valence-electron chi connectivity index (χ0n) is 16.5. The molecule has 8 nitrogen and oxygen atoms in total. The minimum absolute atomic E-state index is 0.127. The standard InChI is InChI=1S/C22H20FN3O5/c23-15-5-6-16-18(11-15)31-20(24-16)13-1-3-14(4-2-13)21(28)25-7-9-26(10-8-25)22(29)19-17(27)12-30-19/h1-6,11,17,19,27H,7-10,12H2. The number of aromatic nitrogens is 1. The number of hydrogen-bond acceptors (Lipinski definition) is 6. The van der Waals surface area contributed by atoms with E-state index in [2.05, 4.69) is 4.98 Å². The summed E-state index contributed by atoms with van der Waals surface area (Å²) < 4.78 is 24.1. The predicted molar refractivity (Wildman–Crippen MR) is 108 cm³/mol. The summed E-state index contributed by atoms with van der Waals surface area (Å²) in [6.07, 6.45) is -1.52. The van der Waals surface area contributed by atoms with Gasteiger partial charge in [-0.2, -0.15) is 0 Å². The summed E-state index contributed by atoms with van der Waals surface area (Å²) in [7, 11) is 0. The highest BCUT2D eigenvalue weighted by Gasteiger charge is 2.40. The van der Waals surface area contributed by atoms with E-state index in [4.69, 9.17) is 9.15 Å². The number of benzene rings is 2. The van der Waals surface area contributed by atoms with Gasteiger partial charge < -0.3 is 24.1 Å². The maximum atomic E-state index is 13.3. The molecule has 1 aromatic heterocycles. The number of rotatable bonds is 3. The Balaban J connectivity index is 1.23. The maximum absolute atomic E-state index is 13.3. The quantitative estimate of drug-likeness (QED) is 0.686. The molecule has 0 radical (unpaired) electrons. The van der Waals surface area contributed by atoms with Crippen molar-refractivity contribution in [3.05, 3.63) is 53.8 Å². The van der Waals surface area contributed by atoms with Crippen molar-refractivity contribution in [2.24, 2.45) is 0 Å². The molecule has 1 N–H and O–H groups in total. The van der Waals surface area contributed by atoms with Gasteiger partial charge in [-0.3, -0.25) is 9.59 Å². The Morgan fingerprint density at radius 1 is 1.03 bits per heavy atom. The fourth-order valence-corrected chi connectivity index (χ4v) is 3.78. The molecular formula is C22H20FN3O5. The van der Waals surface area contributed by atoms with Gasteiger partial charge in [-0.1, -0.05) is 0 Å². The SMILES string of the molecule is O=C(c1ccc(-c2nc3ccc(F)cc3o2)cc1)N1CCN(C(=O)C2OCC2O)CC1. The van der Waals surface area contributed by atoms with Gasteiger partial charge >= 0.3 is 0 Å². The Bertz CT molecular complexity index is 1140. The second kappa shape index (κ2) is 7.75. The van der Waals surface area contributed by atoms with E-state index in [9.17, 15) is 19.1 Å². The number of amides is 2. The molecule has 2 fully saturated rings. The first-order valence-corrected chi connectivity index (χ1v) is 10.0. The lowest BCUT2D eigenvalue weighted by Crippen LogP contribution is -2.59. The van der Waals surface area contributed by atoms with E-state index in [0.717, 1.165) is 0 Å². The molecule has 0 spiro atoms. The number of piperazine rings is 1. The van der Waals surface area contributed by atoms with Crippen molar-refractivity contribution in [1.82, 2.24) is 14.8 Å². The van der Waals surface area contributed by atoms with E-state index < -0.39 is 18.0 Å². The van der Waals surface area contributed by atoms with Gasteiger partial charge in [-0.15, -0.1) is 0 Å². The normalized spacial score (nSPS) is 21.2. The summed E-state index contributed by atoms with van der Waals surface area (Å²) >= 11 is 0. The molecule has 2 aliphatic heterocycles. The zero-order chi connectivity index (χ0) is 21.5. The van der Waals surface area contributed by atoms with Crippen LogP contribution in [0.5, 0.6) is 0 Å². The smallest absolute Gasteiger partial charge is 0.254 e. The summed E-state index contributed by atoms with van der Waals surface area (Å²) in [5.74, 6) is -0.395. The minimum atomic E-state index is -0.779. The van der Waals surface area contributed by atoms with Crippen LogP contribution in [0.1, 0.15) is 10.4 Å². The lowest BCUT2D eigenvalue weighted by Gasteiger charge is -2.39. The lowest BCUT2D eigenvalue weighted by atomic mass is 10.1. The Morgan fingerprint density at radius 2 is 1.74 bits per heavy atom. The number of oxazole rings is 1. The highest BCUT2D eigenvalue weighted by Crippen LogP contribution is 2.25. The maximum Gasteiger partial charge on any atom is 0.254 e. The third kappa shape index (κ3) is 3.66. The highest BCUT2D eigenvalue weighted by molar-refractivity contribution is 5.95. The summed E-state index contributed by atoms with van der Waals surface area (Å²) in [4.78, 5) is 32.8. The number of carbonyl (C=O) groups excluding carboxylic acids is 2. The van der Waals surface area contributed by atoms with Gasteiger partial charge in [-0.25, -0.2) is 9.37 Å². The van der Waals surface area contributed by atoms with Gasteiger partial charge in [0.05, 0.1) is 6.61 Å². The number of fused-ring (bicyclic) bond motifs is 1. The first-order valence-electron chi connectivity index (χ1n) is 10.0. The van der Waals surface area contributed by atoms with E-state index in [0.29, 0.717) is 54.3 Å². The van der Waals surface area contributed by atoms with Crippen LogP contribution in [0.25, 0.3) is 22.6 Å². The molecule has 31 heavy (non-hydrogen) atoms. The van der Waals surface area contributed by atoms with Crippen molar-refractivity contribution in [3.8, 4) is 11.5 Å². The largest absolute Gasteiger partial charge is 0.436 e.